The van der Waals surface area contributed by atoms with Crippen LogP contribution in [0.2, 0.25) is 0 Å². The molecule has 0 bridgehead atoms. The highest BCUT2D eigenvalue weighted by atomic mass is 19.4. The summed E-state index contributed by atoms with van der Waals surface area (Å²) in [5.41, 5.74) is 0.867. The molecule has 0 aliphatic carbocycles. The number of nitrogens with zero attached hydrogens (tertiary/aromatic N) is 4. The zero-order valence-electron chi connectivity index (χ0n) is 25.0. The Morgan fingerprint density at radius 2 is 1.22 bits per heavy atom. The van der Waals surface area contributed by atoms with E-state index in [4.69, 9.17) is 29.7 Å². The second-order valence-electron chi connectivity index (χ2n) is 10.1. The fourth-order valence-corrected chi connectivity index (χ4v) is 4.58. The molecule has 4 rings (SSSR count). The highest BCUT2D eigenvalue weighted by Crippen LogP contribution is 2.44. The molecule has 13 nitrogen and oxygen atoms in total. The van der Waals surface area contributed by atoms with Crippen molar-refractivity contribution in [3.8, 4) is 0 Å². The van der Waals surface area contributed by atoms with E-state index in [1.165, 1.54) is 0 Å². The second kappa shape index (κ2) is 17.4. The Labute approximate surface area is 270 Å². The van der Waals surface area contributed by atoms with E-state index in [9.17, 15) is 49.1 Å². The Hall–Kier alpha value is -5.02. The summed E-state index contributed by atoms with van der Waals surface area (Å²) in [5, 5.41) is 24.4. The molecule has 2 atom stereocenters. The van der Waals surface area contributed by atoms with E-state index in [1.54, 1.807) is 36.9 Å². The van der Waals surface area contributed by atoms with Gasteiger partial charge >= 0.3 is 36.4 Å². The summed E-state index contributed by atoms with van der Waals surface area (Å²) >= 11 is 0. The highest BCUT2D eigenvalue weighted by Gasteiger charge is 2.52. The molecule has 2 aromatic rings. The molecule has 22 heteroatoms. The van der Waals surface area contributed by atoms with Crippen LogP contribution in [0.25, 0.3) is 0 Å². The zero-order chi connectivity index (χ0) is 37.8. The van der Waals surface area contributed by atoms with Crippen LogP contribution in [-0.4, -0.2) is 116 Å². The van der Waals surface area contributed by atoms with E-state index in [0.29, 0.717) is 30.8 Å². The number of anilines is 1. The van der Waals surface area contributed by atoms with Crippen molar-refractivity contribution in [2.75, 3.05) is 32.0 Å². The summed E-state index contributed by atoms with van der Waals surface area (Å²) in [6, 6.07) is 7.27. The fourth-order valence-electron chi connectivity index (χ4n) is 4.58. The molecule has 49 heavy (non-hydrogen) atoms. The van der Waals surface area contributed by atoms with Crippen LogP contribution in [0, 0.1) is 5.41 Å². The summed E-state index contributed by atoms with van der Waals surface area (Å²) < 4.78 is 95.2. The van der Waals surface area contributed by atoms with Gasteiger partial charge in [-0.15, -0.1) is 0 Å². The molecule has 0 spiro atoms. The van der Waals surface area contributed by atoms with E-state index >= 15 is 0 Å². The minimum atomic E-state index is -5.08. The Bertz CT molecular complexity index is 1370. The van der Waals surface area contributed by atoms with Gasteiger partial charge in [0.15, 0.2) is 0 Å². The number of hydrogen-bond acceptors (Lipinski definition) is 8. The smallest absolute Gasteiger partial charge is 0.475 e. The lowest BCUT2D eigenvalue weighted by Crippen LogP contribution is -2.46. The molecule has 2 aliphatic rings. The first-order valence-electron chi connectivity index (χ1n) is 13.4. The molecule has 0 unspecified atom stereocenters. The fraction of sp³-hybridized carbons (Fsp3) is 0.444. The topological polar surface area (TPSA) is 190 Å². The molecular weight excluding hydrogens is 693 g/mol. The first-order valence-corrected chi connectivity index (χ1v) is 13.4. The Morgan fingerprint density at radius 3 is 1.65 bits per heavy atom. The van der Waals surface area contributed by atoms with E-state index < -0.39 is 41.9 Å². The molecule has 2 aromatic heterocycles. The number of rotatable bonds is 3. The average Bonchev–Trinajstić information content (AvgIpc) is 3.20. The number of amides is 2. The maximum atomic E-state index is 13.3. The Kier molecular flexibility index (Phi) is 14.9. The lowest BCUT2D eigenvalue weighted by molar-refractivity contribution is -0.193. The number of hydrogen-bond donors (Lipinski definition) is 4. The van der Waals surface area contributed by atoms with Crippen LogP contribution in [0.15, 0.2) is 49.1 Å². The Morgan fingerprint density at radius 1 is 0.755 bits per heavy atom. The number of carboxylic acid groups (broad SMARTS) is 3. The zero-order valence-corrected chi connectivity index (χ0v) is 25.0. The third kappa shape index (κ3) is 13.2. The van der Waals surface area contributed by atoms with Gasteiger partial charge in [-0.2, -0.15) is 39.5 Å². The summed E-state index contributed by atoms with van der Waals surface area (Å²) in [6.07, 6.45) is -6.38. The predicted octanol–water partition coefficient (Wildman–Crippen LogP) is 3.94. The number of halogens is 9. The van der Waals surface area contributed by atoms with Crippen LogP contribution in [-0.2, 0) is 19.2 Å². The average molecular weight is 722 g/mol. The number of carbonyl (C=O) groups excluding carboxylic acids is 2. The van der Waals surface area contributed by atoms with Gasteiger partial charge in [-0.25, -0.2) is 14.4 Å². The van der Waals surface area contributed by atoms with Crippen molar-refractivity contribution in [3.05, 3.63) is 54.6 Å². The first-order chi connectivity index (χ1) is 22.4. The van der Waals surface area contributed by atoms with Crippen molar-refractivity contribution in [2.24, 2.45) is 5.41 Å². The molecule has 2 aliphatic heterocycles. The number of carbonyl (C=O) groups is 5. The quantitative estimate of drug-likeness (QED) is 0.336. The maximum absolute atomic E-state index is 13.3. The lowest BCUT2D eigenvalue weighted by atomic mass is 9.75. The first kappa shape index (κ1) is 42.0. The van der Waals surface area contributed by atoms with E-state index in [1.807, 2.05) is 17.0 Å². The molecule has 4 heterocycles. The van der Waals surface area contributed by atoms with Gasteiger partial charge in [-0.1, -0.05) is 0 Å². The molecule has 2 fully saturated rings. The monoisotopic (exact) mass is 721 g/mol. The summed E-state index contributed by atoms with van der Waals surface area (Å²) in [7, 11) is 2.07. The number of alkyl halides is 9. The van der Waals surface area contributed by atoms with Crippen LogP contribution in [0.3, 0.4) is 0 Å². The van der Waals surface area contributed by atoms with Gasteiger partial charge in [0.25, 0.3) is 5.91 Å². The summed E-state index contributed by atoms with van der Waals surface area (Å²) in [5.74, 6) is -8.23. The molecule has 2 amide bonds. The number of carboxylic acids is 3. The van der Waals surface area contributed by atoms with Gasteiger partial charge < -0.3 is 30.4 Å². The van der Waals surface area contributed by atoms with Crippen molar-refractivity contribution in [2.45, 2.75) is 43.8 Å². The molecule has 2 saturated heterocycles. The van der Waals surface area contributed by atoms with Crippen LogP contribution in [0.1, 0.15) is 29.6 Å². The molecule has 4 N–H and O–H groups in total. The number of aliphatic carboxylic acids is 3. The SMILES string of the molecule is CN1CC[C@@]2(C(=O)Nc3cccnc3)CCN(C(=O)c3ccncc3)CC[C@@H]12.O=C(O)C(F)(F)F.O=C(O)C(F)(F)F.O=C(O)C(F)(F)F. The van der Waals surface area contributed by atoms with Gasteiger partial charge in [0.2, 0.25) is 5.91 Å². The van der Waals surface area contributed by atoms with E-state index in [0.717, 1.165) is 19.4 Å². The molecule has 0 aromatic carbocycles. The van der Waals surface area contributed by atoms with Gasteiger partial charge in [0, 0.05) is 43.3 Å². The van der Waals surface area contributed by atoms with Crippen molar-refractivity contribution in [3.63, 3.8) is 0 Å². The number of likely N-dealkylation sites (tertiary alicyclic amines) is 2. The third-order valence-electron chi connectivity index (χ3n) is 6.89. The van der Waals surface area contributed by atoms with Crippen LogP contribution in [0.4, 0.5) is 45.2 Å². The van der Waals surface area contributed by atoms with E-state index in [2.05, 4.69) is 27.2 Å². The van der Waals surface area contributed by atoms with Crippen LogP contribution >= 0.6 is 0 Å². The van der Waals surface area contributed by atoms with Crippen molar-refractivity contribution >= 4 is 35.4 Å². The maximum Gasteiger partial charge on any atom is 0.490 e. The Balaban J connectivity index is 0.000000467. The van der Waals surface area contributed by atoms with Gasteiger partial charge in [-0.05, 0) is 57.1 Å². The molecular formula is C27H28F9N5O8. The van der Waals surface area contributed by atoms with Crippen molar-refractivity contribution in [1.82, 2.24) is 19.8 Å². The summed E-state index contributed by atoms with van der Waals surface area (Å²) in [4.78, 5) is 65.1. The van der Waals surface area contributed by atoms with Gasteiger partial charge in [0.1, 0.15) is 0 Å². The highest BCUT2D eigenvalue weighted by molar-refractivity contribution is 5.97. The number of pyridine rings is 2. The predicted molar refractivity (Wildman–Crippen MR) is 147 cm³/mol. The van der Waals surface area contributed by atoms with Crippen molar-refractivity contribution in [1.29, 1.82) is 0 Å². The standard InChI is InChI=1S/C21H25N5O2.3C2HF3O2/c1-25-13-7-21(20(28)24-17-3-2-9-23-15-17)8-14-26(12-6-18(21)25)19(27)16-4-10-22-11-5-16;3*3-2(4,5)1(6)7/h2-5,9-11,15,18H,6-8,12-14H2,1H3,(H,24,28);3*(H,6,7)/t18-,21-;;;/m1.../s1. The van der Waals surface area contributed by atoms with Crippen LogP contribution in [0.5, 0.6) is 0 Å². The minimum absolute atomic E-state index is 0.00726. The molecule has 0 saturated carbocycles. The van der Waals surface area contributed by atoms with E-state index in [-0.39, 0.29) is 17.9 Å². The van der Waals surface area contributed by atoms with Gasteiger partial charge in [0.05, 0.1) is 17.3 Å². The number of aromatic nitrogens is 2. The second-order valence-corrected chi connectivity index (χ2v) is 10.1. The summed E-state index contributed by atoms with van der Waals surface area (Å²) in [6.45, 7) is 2.12. The number of fused-ring (bicyclic) bond motifs is 1. The molecule has 272 valence electrons. The molecule has 0 radical (unpaired) electrons. The minimum Gasteiger partial charge on any atom is -0.475 e. The lowest BCUT2D eigenvalue weighted by Gasteiger charge is -2.34. The van der Waals surface area contributed by atoms with Crippen LogP contribution < -0.4 is 5.32 Å². The van der Waals surface area contributed by atoms with Gasteiger partial charge in [-0.3, -0.25) is 19.6 Å². The number of nitrogens with one attached hydrogen (secondary N) is 1. The normalized spacial score (nSPS) is 19.1. The largest absolute Gasteiger partial charge is 0.490 e. The third-order valence-corrected chi connectivity index (χ3v) is 6.89. The van der Waals surface area contributed by atoms with Crippen molar-refractivity contribution < 1.29 is 78.8 Å².